The standard InChI is InChI=1S/C11H15F6IO3/c1-4-8(3,18)7(19)21-6(2)5-9(20,10(12,13)14)11(15,16)17/h6,20H,4-5H2,1-3H3. The van der Waals surface area contributed by atoms with E-state index in [0.29, 0.717) is 0 Å². The molecule has 0 saturated heterocycles. The molecule has 10 heteroatoms. The Bertz CT molecular complexity index is 363. The molecule has 0 bridgehead atoms. The summed E-state index contributed by atoms with van der Waals surface area (Å²) in [7, 11) is 0. The van der Waals surface area contributed by atoms with Crippen LogP contribution in [0.3, 0.4) is 0 Å². The fourth-order valence-corrected chi connectivity index (χ4v) is 1.43. The van der Waals surface area contributed by atoms with E-state index in [9.17, 15) is 31.1 Å². The molecule has 21 heavy (non-hydrogen) atoms. The molecule has 2 atom stereocenters. The zero-order valence-electron chi connectivity index (χ0n) is 11.4. The van der Waals surface area contributed by atoms with E-state index in [2.05, 4.69) is 4.74 Å². The molecule has 0 aromatic carbocycles. The number of aliphatic hydroxyl groups is 1. The van der Waals surface area contributed by atoms with Crippen molar-refractivity contribution >= 4 is 28.6 Å². The SMILES string of the molecule is CCC(C)(I)C(=O)OC(C)CC(O)(C(F)(F)F)C(F)(F)F. The second kappa shape index (κ2) is 6.47. The summed E-state index contributed by atoms with van der Waals surface area (Å²) in [6.45, 7) is 3.91. The van der Waals surface area contributed by atoms with Crippen LogP contribution in [-0.4, -0.2) is 38.6 Å². The third kappa shape index (κ3) is 4.86. The molecule has 0 aliphatic heterocycles. The number of alkyl halides is 7. The van der Waals surface area contributed by atoms with Gasteiger partial charge in [0.2, 0.25) is 0 Å². The molecule has 3 nitrogen and oxygen atoms in total. The van der Waals surface area contributed by atoms with Gasteiger partial charge in [-0.25, -0.2) is 0 Å². The van der Waals surface area contributed by atoms with Gasteiger partial charge in [0.15, 0.2) is 0 Å². The number of carbonyl (C=O) groups is 1. The van der Waals surface area contributed by atoms with Crippen molar-refractivity contribution in [1.82, 2.24) is 0 Å². The Morgan fingerprint density at radius 3 is 1.86 bits per heavy atom. The van der Waals surface area contributed by atoms with E-state index in [1.165, 1.54) is 6.92 Å². The van der Waals surface area contributed by atoms with Crippen molar-refractivity contribution in [1.29, 1.82) is 0 Å². The van der Waals surface area contributed by atoms with Crippen LogP contribution in [0.15, 0.2) is 0 Å². The van der Waals surface area contributed by atoms with Gasteiger partial charge < -0.3 is 9.84 Å². The molecule has 0 aliphatic carbocycles. The van der Waals surface area contributed by atoms with E-state index in [1.54, 1.807) is 29.5 Å². The predicted octanol–water partition coefficient (Wildman–Crippen LogP) is 3.77. The van der Waals surface area contributed by atoms with Gasteiger partial charge in [-0.05, 0) is 20.3 Å². The minimum absolute atomic E-state index is 0.280. The van der Waals surface area contributed by atoms with Gasteiger partial charge in [0.05, 0.1) is 0 Å². The summed E-state index contributed by atoms with van der Waals surface area (Å²) in [5.41, 5.74) is -4.92. The zero-order valence-corrected chi connectivity index (χ0v) is 13.6. The normalized spacial score (nSPS) is 18.0. The van der Waals surface area contributed by atoms with E-state index < -0.39 is 39.9 Å². The Labute approximate surface area is 131 Å². The maximum atomic E-state index is 12.5. The highest BCUT2D eigenvalue weighted by molar-refractivity contribution is 14.1. The first-order chi connectivity index (χ1) is 9.08. The van der Waals surface area contributed by atoms with Crippen molar-refractivity contribution in [3.8, 4) is 0 Å². The largest absolute Gasteiger partial charge is 0.462 e. The second-order valence-corrected chi connectivity index (χ2v) is 7.21. The molecule has 0 heterocycles. The van der Waals surface area contributed by atoms with Crippen LogP contribution in [0, 0.1) is 0 Å². The van der Waals surface area contributed by atoms with Crippen LogP contribution in [0.1, 0.15) is 33.6 Å². The molecule has 0 saturated carbocycles. The maximum absolute atomic E-state index is 12.5. The molecule has 0 rings (SSSR count). The highest BCUT2D eigenvalue weighted by Gasteiger charge is 2.70. The van der Waals surface area contributed by atoms with Gasteiger partial charge in [-0.3, -0.25) is 4.79 Å². The third-order valence-corrected chi connectivity index (χ3v) is 4.12. The van der Waals surface area contributed by atoms with Gasteiger partial charge >= 0.3 is 18.3 Å². The molecule has 0 aromatic rings. The number of ether oxygens (including phenoxy) is 1. The van der Waals surface area contributed by atoms with Gasteiger partial charge in [-0.2, -0.15) is 26.3 Å². The molecule has 0 amide bonds. The molecule has 0 spiro atoms. The molecule has 126 valence electrons. The first-order valence-electron chi connectivity index (χ1n) is 5.84. The summed E-state index contributed by atoms with van der Waals surface area (Å²) in [6.07, 6.45) is -15.1. The maximum Gasteiger partial charge on any atom is 0.426 e. The van der Waals surface area contributed by atoms with Crippen LogP contribution in [0.4, 0.5) is 26.3 Å². The van der Waals surface area contributed by atoms with Crippen molar-refractivity contribution < 1.29 is 41.0 Å². The predicted molar refractivity (Wildman–Crippen MR) is 69.9 cm³/mol. The Balaban J connectivity index is 5.12. The molecule has 2 unspecified atom stereocenters. The number of halogens is 7. The minimum Gasteiger partial charge on any atom is -0.462 e. The second-order valence-electron chi connectivity index (χ2n) is 4.83. The summed E-state index contributed by atoms with van der Waals surface area (Å²) in [5, 5.41) is 8.98. The zero-order chi connectivity index (χ0) is 17.3. The van der Waals surface area contributed by atoms with Crippen LogP contribution in [0.5, 0.6) is 0 Å². The Hall–Kier alpha value is -0.260. The van der Waals surface area contributed by atoms with Crippen LogP contribution in [-0.2, 0) is 9.53 Å². The average molecular weight is 436 g/mol. The molecule has 0 aliphatic rings. The van der Waals surface area contributed by atoms with E-state index in [0.717, 1.165) is 6.92 Å². The molecular weight excluding hydrogens is 421 g/mol. The summed E-state index contributed by atoms with van der Waals surface area (Å²) >= 11 is 1.69. The lowest BCUT2D eigenvalue weighted by atomic mass is 9.95. The number of rotatable bonds is 5. The fraction of sp³-hybridized carbons (Fsp3) is 0.909. The van der Waals surface area contributed by atoms with Gasteiger partial charge in [-0.15, -0.1) is 0 Å². The van der Waals surface area contributed by atoms with Crippen molar-refractivity contribution in [2.75, 3.05) is 0 Å². The summed E-state index contributed by atoms with van der Waals surface area (Å²) in [5.74, 6) is -0.940. The number of carbonyl (C=O) groups excluding carboxylic acids is 1. The van der Waals surface area contributed by atoms with Gasteiger partial charge in [0.25, 0.3) is 5.60 Å². The average Bonchev–Trinajstić information content (AvgIpc) is 2.25. The fourth-order valence-electron chi connectivity index (χ4n) is 1.30. The van der Waals surface area contributed by atoms with Gasteiger partial charge in [0, 0.05) is 6.42 Å². The summed E-state index contributed by atoms with van der Waals surface area (Å²) < 4.78 is 78.4. The van der Waals surface area contributed by atoms with Crippen molar-refractivity contribution in [3.05, 3.63) is 0 Å². The smallest absolute Gasteiger partial charge is 0.426 e. The van der Waals surface area contributed by atoms with E-state index in [4.69, 9.17) is 5.11 Å². The van der Waals surface area contributed by atoms with Crippen molar-refractivity contribution in [2.24, 2.45) is 0 Å². The van der Waals surface area contributed by atoms with E-state index >= 15 is 0 Å². The Kier molecular flexibility index (Phi) is 6.39. The molecule has 0 radical (unpaired) electrons. The monoisotopic (exact) mass is 436 g/mol. The Morgan fingerprint density at radius 1 is 1.19 bits per heavy atom. The lowest BCUT2D eigenvalue weighted by molar-refractivity contribution is -0.373. The Morgan fingerprint density at radius 2 is 1.57 bits per heavy atom. The highest BCUT2D eigenvalue weighted by atomic mass is 127. The van der Waals surface area contributed by atoms with Gasteiger partial charge in [0.1, 0.15) is 9.53 Å². The van der Waals surface area contributed by atoms with E-state index in [-0.39, 0.29) is 6.42 Å². The van der Waals surface area contributed by atoms with Crippen molar-refractivity contribution in [2.45, 2.75) is 61.1 Å². The first kappa shape index (κ1) is 20.7. The topological polar surface area (TPSA) is 46.5 Å². The van der Waals surface area contributed by atoms with Crippen LogP contribution < -0.4 is 0 Å². The number of hydrogen-bond acceptors (Lipinski definition) is 3. The van der Waals surface area contributed by atoms with E-state index in [1.807, 2.05) is 0 Å². The van der Waals surface area contributed by atoms with Crippen LogP contribution in [0.25, 0.3) is 0 Å². The van der Waals surface area contributed by atoms with Gasteiger partial charge in [-0.1, -0.05) is 29.5 Å². The summed E-state index contributed by atoms with van der Waals surface area (Å²) in [4.78, 5) is 11.6. The van der Waals surface area contributed by atoms with Crippen LogP contribution >= 0.6 is 22.6 Å². The summed E-state index contributed by atoms with van der Waals surface area (Å²) in [6, 6.07) is 0. The van der Waals surface area contributed by atoms with Crippen molar-refractivity contribution in [3.63, 3.8) is 0 Å². The molecule has 1 N–H and O–H groups in total. The quantitative estimate of drug-likeness (QED) is 0.309. The lowest BCUT2D eigenvalue weighted by Gasteiger charge is -2.34. The highest BCUT2D eigenvalue weighted by Crippen LogP contribution is 2.46. The third-order valence-electron chi connectivity index (χ3n) is 2.92. The molecule has 0 fully saturated rings. The molecule has 0 aromatic heterocycles. The van der Waals surface area contributed by atoms with Crippen LogP contribution in [0.2, 0.25) is 0 Å². The minimum atomic E-state index is -5.93. The molecular formula is C11H15F6IO3. The number of hydrogen-bond donors (Lipinski definition) is 1. The first-order valence-corrected chi connectivity index (χ1v) is 6.92. The number of esters is 1. The lowest BCUT2D eigenvalue weighted by Crippen LogP contribution is -2.58.